The number of hydrogen-bond acceptors (Lipinski definition) is 4. The lowest BCUT2D eigenvalue weighted by Gasteiger charge is -2.40. The van der Waals surface area contributed by atoms with Crippen LogP contribution in [0.25, 0.3) is 0 Å². The predicted octanol–water partition coefficient (Wildman–Crippen LogP) is 1.56. The molecular formula is C16H25N3O2. The highest BCUT2D eigenvalue weighted by molar-refractivity contribution is 5.86. The van der Waals surface area contributed by atoms with Crippen molar-refractivity contribution in [1.82, 2.24) is 4.90 Å². The molecule has 1 heterocycles. The smallest absolute Gasteiger partial charge is 0.242 e. The number of carbonyl (C=O) groups excluding carboxylic acids is 1. The number of hydrogen-bond donors (Lipinski definition) is 2. The molecule has 1 amide bonds. The molecule has 0 aliphatic carbocycles. The number of phenols is 1. The van der Waals surface area contributed by atoms with Crippen LogP contribution in [0.1, 0.15) is 26.7 Å². The summed E-state index contributed by atoms with van der Waals surface area (Å²) in [5.41, 5.74) is 6.55. The van der Waals surface area contributed by atoms with Crippen molar-refractivity contribution in [3.8, 4) is 5.75 Å². The molecule has 5 nitrogen and oxygen atoms in total. The molecule has 5 heteroatoms. The molecule has 1 aromatic carbocycles. The molecule has 0 saturated carbocycles. The van der Waals surface area contributed by atoms with E-state index in [-0.39, 0.29) is 11.7 Å². The molecule has 1 fully saturated rings. The molecule has 21 heavy (non-hydrogen) atoms. The van der Waals surface area contributed by atoms with Crippen molar-refractivity contribution < 1.29 is 9.90 Å². The number of nitrogens with two attached hydrogens (primary N) is 1. The largest absolute Gasteiger partial charge is 0.508 e. The minimum Gasteiger partial charge on any atom is -0.508 e. The Labute approximate surface area is 126 Å². The fraction of sp³-hybridized carbons (Fsp3) is 0.562. The zero-order valence-corrected chi connectivity index (χ0v) is 12.9. The van der Waals surface area contributed by atoms with E-state index in [1.54, 1.807) is 12.1 Å². The van der Waals surface area contributed by atoms with Gasteiger partial charge in [0.15, 0.2) is 0 Å². The van der Waals surface area contributed by atoms with Crippen molar-refractivity contribution in [3.05, 3.63) is 24.3 Å². The van der Waals surface area contributed by atoms with Gasteiger partial charge in [0.2, 0.25) is 5.91 Å². The van der Waals surface area contributed by atoms with E-state index < -0.39 is 5.54 Å². The molecule has 0 bridgehead atoms. The van der Waals surface area contributed by atoms with Crippen LogP contribution in [0.15, 0.2) is 24.3 Å². The first-order valence-electron chi connectivity index (χ1n) is 7.62. The van der Waals surface area contributed by atoms with Gasteiger partial charge in [-0.15, -0.1) is 0 Å². The summed E-state index contributed by atoms with van der Waals surface area (Å²) in [4.78, 5) is 16.6. The standard InChI is InChI=1S/C16H25N3O2/c1-3-16(17,4-2)15(21)19-11-9-18(10-12-19)13-5-7-14(20)8-6-13/h5-8,20H,3-4,9-12,17H2,1-2H3. The number of anilines is 1. The molecule has 0 aromatic heterocycles. The Morgan fingerprint density at radius 3 is 2.14 bits per heavy atom. The average Bonchev–Trinajstić information content (AvgIpc) is 2.54. The van der Waals surface area contributed by atoms with Gasteiger partial charge in [-0.2, -0.15) is 0 Å². The Morgan fingerprint density at radius 1 is 1.14 bits per heavy atom. The van der Waals surface area contributed by atoms with Crippen LogP contribution < -0.4 is 10.6 Å². The molecule has 1 saturated heterocycles. The first-order chi connectivity index (χ1) is 10.00. The molecular weight excluding hydrogens is 266 g/mol. The van der Waals surface area contributed by atoms with Gasteiger partial charge in [-0.1, -0.05) is 13.8 Å². The highest BCUT2D eigenvalue weighted by Gasteiger charge is 2.35. The van der Waals surface area contributed by atoms with Gasteiger partial charge in [0.1, 0.15) is 5.75 Å². The van der Waals surface area contributed by atoms with Crippen molar-refractivity contribution in [1.29, 1.82) is 0 Å². The van der Waals surface area contributed by atoms with E-state index in [9.17, 15) is 9.90 Å². The zero-order chi connectivity index (χ0) is 15.5. The summed E-state index contributed by atoms with van der Waals surface area (Å²) in [7, 11) is 0. The molecule has 116 valence electrons. The van der Waals surface area contributed by atoms with E-state index in [1.807, 2.05) is 30.9 Å². The highest BCUT2D eigenvalue weighted by atomic mass is 16.3. The molecule has 0 spiro atoms. The van der Waals surface area contributed by atoms with Gasteiger partial charge in [0, 0.05) is 31.9 Å². The molecule has 0 unspecified atom stereocenters. The number of aromatic hydroxyl groups is 1. The number of piperazine rings is 1. The van der Waals surface area contributed by atoms with E-state index in [0.717, 1.165) is 18.8 Å². The normalized spacial score (nSPS) is 16.1. The Bertz CT molecular complexity index is 475. The van der Waals surface area contributed by atoms with E-state index in [2.05, 4.69) is 4.90 Å². The molecule has 1 aromatic rings. The fourth-order valence-electron chi connectivity index (χ4n) is 2.70. The number of carbonyl (C=O) groups is 1. The number of rotatable bonds is 4. The fourth-order valence-corrected chi connectivity index (χ4v) is 2.70. The summed E-state index contributed by atoms with van der Waals surface area (Å²) in [5, 5.41) is 9.33. The maximum atomic E-state index is 12.5. The van der Waals surface area contributed by atoms with E-state index in [1.165, 1.54) is 0 Å². The van der Waals surface area contributed by atoms with Crippen molar-refractivity contribution in [3.63, 3.8) is 0 Å². The third kappa shape index (κ3) is 3.29. The van der Waals surface area contributed by atoms with E-state index >= 15 is 0 Å². The van der Waals surface area contributed by atoms with Gasteiger partial charge >= 0.3 is 0 Å². The summed E-state index contributed by atoms with van der Waals surface area (Å²) in [6.07, 6.45) is 1.33. The Hall–Kier alpha value is -1.75. The summed E-state index contributed by atoms with van der Waals surface area (Å²) in [6, 6.07) is 7.17. The summed E-state index contributed by atoms with van der Waals surface area (Å²) < 4.78 is 0. The van der Waals surface area contributed by atoms with Crippen LogP contribution in [0.4, 0.5) is 5.69 Å². The van der Waals surface area contributed by atoms with Crippen LogP contribution in [-0.2, 0) is 4.79 Å². The SMILES string of the molecule is CCC(N)(CC)C(=O)N1CCN(c2ccc(O)cc2)CC1. The summed E-state index contributed by atoms with van der Waals surface area (Å²) >= 11 is 0. The van der Waals surface area contributed by atoms with Crippen LogP contribution in [0.2, 0.25) is 0 Å². The minimum absolute atomic E-state index is 0.0675. The first kappa shape index (κ1) is 15.6. The predicted molar refractivity (Wildman–Crippen MR) is 84.4 cm³/mol. The quantitative estimate of drug-likeness (QED) is 0.883. The molecule has 1 aliphatic heterocycles. The Kier molecular flexibility index (Phi) is 4.73. The van der Waals surface area contributed by atoms with Gasteiger partial charge in [0.25, 0.3) is 0 Å². The molecule has 1 aliphatic rings. The number of nitrogens with zero attached hydrogens (tertiary/aromatic N) is 2. The van der Waals surface area contributed by atoms with Crippen LogP contribution in [0, 0.1) is 0 Å². The van der Waals surface area contributed by atoms with Crippen molar-refractivity contribution >= 4 is 11.6 Å². The lowest BCUT2D eigenvalue weighted by molar-refractivity contribution is -0.137. The zero-order valence-electron chi connectivity index (χ0n) is 12.9. The first-order valence-corrected chi connectivity index (χ1v) is 7.62. The van der Waals surface area contributed by atoms with Crippen molar-refractivity contribution in [2.75, 3.05) is 31.1 Å². The van der Waals surface area contributed by atoms with E-state index in [4.69, 9.17) is 5.73 Å². The lowest BCUT2D eigenvalue weighted by atomic mass is 9.92. The van der Waals surface area contributed by atoms with Crippen LogP contribution in [0.5, 0.6) is 5.75 Å². The second kappa shape index (κ2) is 6.35. The molecule has 0 atom stereocenters. The lowest BCUT2D eigenvalue weighted by Crippen LogP contribution is -2.59. The number of phenolic OH excluding ortho intramolecular Hbond substituents is 1. The second-order valence-electron chi connectivity index (χ2n) is 5.66. The van der Waals surface area contributed by atoms with Gasteiger partial charge < -0.3 is 20.6 Å². The third-order valence-corrected chi connectivity index (χ3v) is 4.47. The summed E-state index contributed by atoms with van der Waals surface area (Å²) in [5.74, 6) is 0.337. The van der Waals surface area contributed by atoms with Crippen molar-refractivity contribution in [2.24, 2.45) is 5.73 Å². The van der Waals surface area contributed by atoms with Gasteiger partial charge in [0.05, 0.1) is 5.54 Å². The topological polar surface area (TPSA) is 69.8 Å². The number of benzene rings is 1. The van der Waals surface area contributed by atoms with Gasteiger partial charge in [-0.3, -0.25) is 4.79 Å². The second-order valence-corrected chi connectivity index (χ2v) is 5.66. The maximum Gasteiger partial charge on any atom is 0.242 e. The van der Waals surface area contributed by atoms with Crippen LogP contribution >= 0.6 is 0 Å². The summed E-state index contributed by atoms with van der Waals surface area (Å²) in [6.45, 7) is 6.90. The third-order valence-electron chi connectivity index (χ3n) is 4.47. The highest BCUT2D eigenvalue weighted by Crippen LogP contribution is 2.21. The molecule has 0 radical (unpaired) electrons. The molecule has 3 N–H and O–H groups in total. The number of amides is 1. The Balaban J connectivity index is 1.97. The Morgan fingerprint density at radius 2 is 1.67 bits per heavy atom. The van der Waals surface area contributed by atoms with Gasteiger partial charge in [-0.05, 0) is 37.1 Å². The monoisotopic (exact) mass is 291 g/mol. The van der Waals surface area contributed by atoms with E-state index in [0.29, 0.717) is 25.9 Å². The maximum absolute atomic E-state index is 12.5. The van der Waals surface area contributed by atoms with Gasteiger partial charge in [-0.25, -0.2) is 0 Å². The van der Waals surface area contributed by atoms with Crippen LogP contribution in [-0.4, -0.2) is 47.6 Å². The van der Waals surface area contributed by atoms with Crippen molar-refractivity contribution in [2.45, 2.75) is 32.2 Å². The minimum atomic E-state index is -0.722. The molecule has 2 rings (SSSR count). The van der Waals surface area contributed by atoms with Crippen LogP contribution in [0.3, 0.4) is 0 Å². The average molecular weight is 291 g/mol.